The highest BCUT2D eigenvalue weighted by molar-refractivity contribution is 7.69. The Morgan fingerprint density at radius 2 is 1.81 bits per heavy atom. The molecule has 3 aromatic rings. The van der Waals surface area contributed by atoms with Gasteiger partial charge in [0.2, 0.25) is 6.41 Å². The lowest BCUT2D eigenvalue weighted by Crippen LogP contribution is -2.17. The van der Waals surface area contributed by atoms with Gasteiger partial charge in [0, 0.05) is 34.3 Å². The van der Waals surface area contributed by atoms with Gasteiger partial charge in [-0.15, -0.1) is 0 Å². The molecule has 3 N–H and O–H groups in total. The predicted molar refractivity (Wildman–Crippen MR) is 103 cm³/mol. The quantitative estimate of drug-likeness (QED) is 0.521. The molecule has 1 heterocycles. The maximum absolute atomic E-state index is 13.0. The molecule has 1 amide bonds. The van der Waals surface area contributed by atoms with Gasteiger partial charge < -0.3 is 15.2 Å². The number of aromatic amines is 1. The van der Waals surface area contributed by atoms with E-state index < -0.39 is 19.9 Å². The molecule has 0 saturated carbocycles. The highest BCUT2D eigenvalue weighted by Crippen LogP contribution is 2.40. The van der Waals surface area contributed by atoms with Crippen molar-refractivity contribution in [1.82, 2.24) is 4.98 Å². The summed E-state index contributed by atoms with van der Waals surface area (Å²) in [6.45, 7) is 3.91. The van der Waals surface area contributed by atoms with E-state index in [0.717, 1.165) is 33.5 Å². The highest BCUT2D eigenvalue weighted by atomic mass is 31.1. The summed E-state index contributed by atoms with van der Waals surface area (Å²) < 4.78 is 44.7. The van der Waals surface area contributed by atoms with Crippen molar-refractivity contribution in [2.75, 3.05) is 7.11 Å². The van der Waals surface area contributed by atoms with Crippen LogP contribution in [-0.4, -0.2) is 18.5 Å². The normalized spacial score (nSPS) is 12.4. The summed E-state index contributed by atoms with van der Waals surface area (Å²) in [5.41, 5.74) is 6.49. The van der Waals surface area contributed by atoms with Crippen LogP contribution in [0.5, 0.6) is 0 Å². The highest BCUT2D eigenvalue weighted by Gasteiger charge is 2.31. The number of aryl methyl sites for hydroxylation is 2. The number of hydrogen-bond acceptors (Lipinski definition) is 2. The molecule has 2 aromatic carbocycles. The summed E-state index contributed by atoms with van der Waals surface area (Å²) in [4.78, 5) is 11.9. The SMILES string of the molecule is COP(c1cccc(C(F)(F)F)c1)c1c(C)[nH]c2ccc(C)cc12.NC=O. The van der Waals surface area contributed by atoms with Crippen LogP contribution in [0.1, 0.15) is 16.8 Å². The molecule has 3 rings (SSSR count). The van der Waals surface area contributed by atoms with Gasteiger partial charge in [-0.25, -0.2) is 0 Å². The number of aromatic nitrogens is 1. The zero-order chi connectivity index (χ0) is 20.2. The fourth-order valence-electron chi connectivity index (χ4n) is 2.82. The number of H-pyrrole nitrogens is 1. The summed E-state index contributed by atoms with van der Waals surface area (Å²) in [5, 5.41) is 2.48. The molecule has 1 aromatic heterocycles. The number of carbonyl (C=O) groups excluding carboxylic acids is 1. The van der Waals surface area contributed by atoms with Crippen molar-refractivity contribution in [3.63, 3.8) is 0 Å². The van der Waals surface area contributed by atoms with Crippen LogP contribution < -0.4 is 16.3 Å². The number of carbonyl (C=O) groups is 1. The lowest BCUT2D eigenvalue weighted by Gasteiger charge is -2.18. The minimum Gasteiger partial charge on any atom is -0.372 e. The Morgan fingerprint density at radius 3 is 2.41 bits per heavy atom. The Kier molecular flexibility index (Phi) is 6.63. The van der Waals surface area contributed by atoms with Crippen LogP contribution in [0.15, 0.2) is 42.5 Å². The molecule has 1 unspecified atom stereocenters. The van der Waals surface area contributed by atoms with Crippen molar-refractivity contribution in [1.29, 1.82) is 0 Å². The van der Waals surface area contributed by atoms with Gasteiger partial charge in [0.15, 0.2) is 0 Å². The first kappa shape index (κ1) is 20.9. The third-order valence-electron chi connectivity index (χ3n) is 3.90. The van der Waals surface area contributed by atoms with Crippen LogP contribution in [-0.2, 0) is 15.5 Å². The Labute approximate surface area is 156 Å². The largest absolute Gasteiger partial charge is 0.416 e. The van der Waals surface area contributed by atoms with Crippen molar-refractivity contribution >= 4 is 36.1 Å². The van der Waals surface area contributed by atoms with Crippen molar-refractivity contribution in [2.45, 2.75) is 20.0 Å². The van der Waals surface area contributed by atoms with Crippen molar-refractivity contribution < 1.29 is 22.5 Å². The van der Waals surface area contributed by atoms with E-state index in [9.17, 15) is 13.2 Å². The van der Waals surface area contributed by atoms with Gasteiger partial charge in [0.05, 0.1) is 13.7 Å². The lowest BCUT2D eigenvalue weighted by atomic mass is 10.2. The number of nitrogens with two attached hydrogens (primary N) is 1. The second-order valence-corrected chi connectivity index (χ2v) is 7.73. The second kappa shape index (κ2) is 8.55. The average molecular weight is 396 g/mol. The zero-order valence-corrected chi connectivity index (χ0v) is 16.0. The molecule has 0 saturated heterocycles. The molecule has 0 aliphatic carbocycles. The number of nitrogens with one attached hydrogen (secondary N) is 1. The molecule has 0 aliphatic rings. The Bertz CT molecular complexity index is 938. The number of rotatable bonds is 3. The molecule has 144 valence electrons. The number of alkyl halides is 3. The minimum atomic E-state index is -4.36. The molecule has 0 fully saturated rings. The van der Waals surface area contributed by atoms with E-state index in [1.54, 1.807) is 13.2 Å². The molecule has 0 radical (unpaired) electrons. The first-order valence-electron chi connectivity index (χ1n) is 7.98. The summed E-state index contributed by atoms with van der Waals surface area (Å²) in [6, 6.07) is 11.4. The first-order chi connectivity index (χ1) is 12.7. The van der Waals surface area contributed by atoms with E-state index in [1.807, 2.05) is 32.0 Å². The molecule has 0 bridgehead atoms. The van der Waals surface area contributed by atoms with Crippen LogP contribution >= 0.6 is 8.15 Å². The second-order valence-electron chi connectivity index (χ2n) is 5.81. The Morgan fingerprint density at radius 1 is 1.15 bits per heavy atom. The van der Waals surface area contributed by atoms with E-state index in [-0.39, 0.29) is 6.41 Å². The smallest absolute Gasteiger partial charge is 0.372 e. The molecule has 4 nitrogen and oxygen atoms in total. The van der Waals surface area contributed by atoms with Gasteiger partial charge in [0.1, 0.15) is 0 Å². The number of hydrogen-bond donors (Lipinski definition) is 2. The average Bonchev–Trinajstić information content (AvgIpc) is 2.92. The Balaban J connectivity index is 0.000000817. The van der Waals surface area contributed by atoms with Gasteiger partial charge in [0.25, 0.3) is 0 Å². The van der Waals surface area contributed by atoms with E-state index in [2.05, 4.69) is 10.7 Å². The topological polar surface area (TPSA) is 68.1 Å². The van der Waals surface area contributed by atoms with E-state index >= 15 is 0 Å². The minimum absolute atomic E-state index is 0.250. The van der Waals surface area contributed by atoms with Crippen molar-refractivity contribution in [3.8, 4) is 0 Å². The van der Waals surface area contributed by atoms with E-state index in [1.165, 1.54) is 12.1 Å². The molecule has 27 heavy (non-hydrogen) atoms. The fourth-order valence-corrected chi connectivity index (χ4v) is 4.72. The van der Waals surface area contributed by atoms with Crippen molar-refractivity contribution in [3.05, 3.63) is 59.3 Å². The van der Waals surface area contributed by atoms with Crippen LogP contribution in [0, 0.1) is 13.8 Å². The molecule has 0 spiro atoms. The third kappa shape index (κ3) is 4.67. The van der Waals surface area contributed by atoms with Crippen LogP contribution in [0.4, 0.5) is 13.2 Å². The van der Waals surface area contributed by atoms with Gasteiger partial charge in [-0.1, -0.05) is 23.8 Å². The van der Waals surface area contributed by atoms with E-state index in [4.69, 9.17) is 9.32 Å². The summed E-state index contributed by atoms with van der Waals surface area (Å²) in [6.07, 6.45) is -4.11. The molecular formula is C19H20F3N2O2P. The van der Waals surface area contributed by atoms with Gasteiger partial charge in [-0.3, -0.25) is 4.79 Å². The van der Waals surface area contributed by atoms with Crippen molar-refractivity contribution in [2.24, 2.45) is 5.73 Å². The lowest BCUT2D eigenvalue weighted by molar-refractivity contribution is -0.137. The maximum atomic E-state index is 13.0. The number of benzene rings is 2. The summed E-state index contributed by atoms with van der Waals surface area (Å²) in [5.74, 6) is 0. The molecule has 1 atom stereocenters. The van der Waals surface area contributed by atoms with Crippen LogP contribution in [0.2, 0.25) is 0 Å². The number of halogens is 3. The molecular weight excluding hydrogens is 376 g/mol. The predicted octanol–water partition coefficient (Wildman–Crippen LogP) is 3.90. The first-order valence-corrected chi connectivity index (χ1v) is 9.24. The van der Waals surface area contributed by atoms with Gasteiger partial charge >= 0.3 is 6.18 Å². The number of primary amides is 1. The zero-order valence-electron chi connectivity index (χ0n) is 15.1. The van der Waals surface area contributed by atoms with E-state index in [0.29, 0.717) is 5.30 Å². The number of fused-ring (bicyclic) bond motifs is 1. The van der Waals surface area contributed by atoms with Crippen LogP contribution in [0.3, 0.4) is 0 Å². The summed E-state index contributed by atoms with van der Waals surface area (Å²) in [7, 11) is 0.202. The summed E-state index contributed by atoms with van der Waals surface area (Å²) >= 11 is 0. The van der Waals surface area contributed by atoms with Gasteiger partial charge in [-0.05, 0) is 38.1 Å². The fraction of sp³-hybridized carbons (Fsp3) is 0.211. The van der Waals surface area contributed by atoms with Gasteiger partial charge in [-0.2, -0.15) is 13.2 Å². The molecule has 0 aliphatic heterocycles. The molecule has 8 heteroatoms. The number of amides is 1. The standard InChI is InChI=1S/C18H17F3NOP.CH3NO/c1-11-7-8-16-15(9-11)17(12(2)22-16)24(23-3)14-6-4-5-13(10-14)18(19,20)21;2-1-3/h4-10,22H,1-3H3;1H,(H2,2,3). The van der Waals surface area contributed by atoms with Crippen LogP contribution in [0.25, 0.3) is 10.9 Å². The monoisotopic (exact) mass is 396 g/mol. The Hall–Kier alpha value is -2.37. The third-order valence-corrected chi connectivity index (χ3v) is 6.00. The maximum Gasteiger partial charge on any atom is 0.416 e.